The van der Waals surface area contributed by atoms with Gasteiger partial charge in [0.2, 0.25) is 0 Å². The van der Waals surface area contributed by atoms with Crippen molar-refractivity contribution in [1.29, 1.82) is 0 Å². The van der Waals surface area contributed by atoms with E-state index < -0.39 is 0 Å². The van der Waals surface area contributed by atoms with Crippen molar-refractivity contribution in [1.82, 2.24) is 14.9 Å². The van der Waals surface area contributed by atoms with E-state index in [2.05, 4.69) is 9.97 Å². The molecule has 0 saturated heterocycles. The summed E-state index contributed by atoms with van der Waals surface area (Å²) in [6.07, 6.45) is 3.89. The Morgan fingerprint density at radius 1 is 1.38 bits per heavy atom. The molecule has 0 unspecified atom stereocenters. The first-order chi connectivity index (χ1) is 7.69. The van der Waals surface area contributed by atoms with Crippen LogP contribution in [0.3, 0.4) is 0 Å². The molecule has 0 aliphatic heterocycles. The Hall–Kier alpha value is -1.49. The maximum absolute atomic E-state index is 11.9. The van der Waals surface area contributed by atoms with Gasteiger partial charge in [0.25, 0.3) is 5.91 Å². The first-order valence-electron chi connectivity index (χ1n) is 5.37. The lowest BCUT2D eigenvalue weighted by atomic mass is 10.3. The quantitative estimate of drug-likeness (QED) is 0.795. The number of aliphatic hydroxyl groups excluding tert-OH is 1. The number of hydrogen-bond donors (Lipinski definition) is 1. The molecule has 1 rings (SSSR count). The minimum Gasteiger partial charge on any atom is -0.395 e. The lowest BCUT2D eigenvalue weighted by Gasteiger charge is -2.20. The molecule has 0 radical (unpaired) electrons. The Morgan fingerprint density at radius 2 is 2.12 bits per heavy atom. The fraction of sp³-hybridized carbons (Fsp3) is 0.545. The van der Waals surface area contributed by atoms with E-state index in [1.54, 1.807) is 11.1 Å². The molecule has 16 heavy (non-hydrogen) atoms. The first kappa shape index (κ1) is 12.6. The second-order valence-corrected chi connectivity index (χ2v) is 3.56. The Bertz CT molecular complexity index is 332. The summed E-state index contributed by atoms with van der Waals surface area (Å²) in [4.78, 5) is 21.6. The number of amides is 1. The lowest BCUT2D eigenvalue weighted by molar-refractivity contribution is 0.0715. The molecule has 1 aromatic rings. The van der Waals surface area contributed by atoms with Crippen LogP contribution in [-0.4, -0.2) is 45.6 Å². The number of aromatic nitrogens is 2. The van der Waals surface area contributed by atoms with E-state index in [1.807, 2.05) is 13.8 Å². The Labute approximate surface area is 95.1 Å². The Kier molecular flexibility index (Phi) is 4.85. The van der Waals surface area contributed by atoms with Crippen LogP contribution in [0, 0.1) is 6.92 Å². The Morgan fingerprint density at radius 3 is 2.62 bits per heavy atom. The third-order valence-electron chi connectivity index (χ3n) is 2.15. The van der Waals surface area contributed by atoms with E-state index in [0.717, 1.165) is 12.1 Å². The number of nitrogens with zero attached hydrogens (tertiary/aromatic N) is 3. The van der Waals surface area contributed by atoms with Crippen molar-refractivity contribution in [3.63, 3.8) is 0 Å². The SMILES string of the molecule is CCCN(CCO)C(=O)c1cnc(C)cn1. The highest BCUT2D eigenvalue weighted by molar-refractivity contribution is 5.91. The largest absolute Gasteiger partial charge is 0.395 e. The molecule has 88 valence electrons. The van der Waals surface area contributed by atoms with Gasteiger partial charge in [0.15, 0.2) is 0 Å². The maximum Gasteiger partial charge on any atom is 0.274 e. The molecule has 0 atom stereocenters. The zero-order valence-electron chi connectivity index (χ0n) is 9.68. The molecule has 0 saturated carbocycles. The summed E-state index contributed by atoms with van der Waals surface area (Å²) in [6, 6.07) is 0. The highest BCUT2D eigenvalue weighted by Crippen LogP contribution is 2.02. The molecule has 1 heterocycles. The molecule has 0 aliphatic rings. The molecule has 1 aromatic heterocycles. The van der Waals surface area contributed by atoms with Crippen molar-refractivity contribution in [3.05, 3.63) is 23.8 Å². The molecule has 5 nitrogen and oxygen atoms in total. The van der Waals surface area contributed by atoms with Gasteiger partial charge in [-0.15, -0.1) is 0 Å². The summed E-state index contributed by atoms with van der Waals surface area (Å²) in [5.41, 5.74) is 1.10. The lowest BCUT2D eigenvalue weighted by Crippen LogP contribution is -2.34. The van der Waals surface area contributed by atoms with Crippen LogP contribution < -0.4 is 0 Å². The molecule has 0 bridgehead atoms. The van der Waals surface area contributed by atoms with E-state index in [-0.39, 0.29) is 12.5 Å². The van der Waals surface area contributed by atoms with Crippen molar-refractivity contribution < 1.29 is 9.90 Å². The van der Waals surface area contributed by atoms with Crippen molar-refractivity contribution in [2.75, 3.05) is 19.7 Å². The Balaban J connectivity index is 2.77. The van der Waals surface area contributed by atoms with Gasteiger partial charge in [-0.1, -0.05) is 6.92 Å². The van der Waals surface area contributed by atoms with Gasteiger partial charge in [0, 0.05) is 19.3 Å². The summed E-state index contributed by atoms with van der Waals surface area (Å²) in [6.45, 7) is 4.72. The van der Waals surface area contributed by atoms with Crippen LogP contribution in [0.5, 0.6) is 0 Å². The van der Waals surface area contributed by atoms with Gasteiger partial charge < -0.3 is 10.0 Å². The van der Waals surface area contributed by atoms with Crippen LogP contribution in [0.25, 0.3) is 0 Å². The first-order valence-corrected chi connectivity index (χ1v) is 5.37. The second kappa shape index (κ2) is 6.17. The van der Waals surface area contributed by atoms with Crippen molar-refractivity contribution in [2.45, 2.75) is 20.3 Å². The van der Waals surface area contributed by atoms with Gasteiger partial charge in [-0.2, -0.15) is 0 Å². The third-order valence-corrected chi connectivity index (χ3v) is 2.15. The summed E-state index contributed by atoms with van der Waals surface area (Å²) in [5.74, 6) is -0.177. The highest BCUT2D eigenvalue weighted by Gasteiger charge is 2.15. The number of carbonyl (C=O) groups excluding carboxylic acids is 1. The number of aliphatic hydroxyl groups is 1. The van der Waals surface area contributed by atoms with Gasteiger partial charge in [-0.3, -0.25) is 9.78 Å². The van der Waals surface area contributed by atoms with E-state index in [0.29, 0.717) is 18.8 Å². The van der Waals surface area contributed by atoms with E-state index in [9.17, 15) is 4.79 Å². The van der Waals surface area contributed by atoms with Crippen LogP contribution >= 0.6 is 0 Å². The van der Waals surface area contributed by atoms with Gasteiger partial charge >= 0.3 is 0 Å². The minimum atomic E-state index is -0.177. The van der Waals surface area contributed by atoms with Crippen molar-refractivity contribution in [3.8, 4) is 0 Å². The molecular formula is C11H17N3O2. The molecule has 5 heteroatoms. The molecule has 1 amide bonds. The van der Waals surface area contributed by atoms with Gasteiger partial charge in [-0.25, -0.2) is 4.98 Å². The second-order valence-electron chi connectivity index (χ2n) is 3.56. The highest BCUT2D eigenvalue weighted by atomic mass is 16.3. The maximum atomic E-state index is 11.9. The van der Waals surface area contributed by atoms with Crippen LogP contribution in [0.4, 0.5) is 0 Å². The average Bonchev–Trinajstić information content (AvgIpc) is 2.29. The molecule has 0 spiro atoms. The molecule has 1 N–H and O–H groups in total. The normalized spacial score (nSPS) is 10.2. The van der Waals surface area contributed by atoms with Crippen LogP contribution in [0.2, 0.25) is 0 Å². The van der Waals surface area contributed by atoms with E-state index in [1.165, 1.54) is 6.20 Å². The predicted molar refractivity (Wildman–Crippen MR) is 60.0 cm³/mol. The van der Waals surface area contributed by atoms with Gasteiger partial charge in [0.05, 0.1) is 18.5 Å². The smallest absolute Gasteiger partial charge is 0.274 e. The standard InChI is InChI=1S/C11H17N3O2/c1-3-4-14(5-6-15)11(16)10-8-12-9(2)7-13-10/h7-8,15H,3-6H2,1-2H3. The summed E-state index contributed by atoms with van der Waals surface area (Å²) < 4.78 is 0. The van der Waals surface area contributed by atoms with Gasteiger partial charge in [-0.05, 0) is 13.3 Å². The molecule has 0 fully saturated rings. The summed E-state index contributed by atoms with van der Waals surface area (Å²) in [7, 11) is 0. The number of rotatable bonds is 5. The number of carbonyl (C=O) groups is 1. The zero-order valence-corrected chi connectivity index (χ0v) is 9.68. The van der Waals surface area contributed by atoms with Crippen LogP contribution in [-0.2, 0) is 0 Å². The third kappa shape index (κ3) is 3.27. The molecule has 0 aliphatic carbocycles. The predicted octanol–water partition coefficient (Wildman–Crippen LogP) is 0.630. The average molecular weight is 223 g/mol. The topological polar surface area (TPSA) is 66.3 Å². The zero-order chi connectivity index (χ0) is 12.0. The van der Waals surface area contributed by atoms with E-state index >= 15 is 0 Å². The fourth-order valence-corrected chi connectivity index (χ4v) is 1.37. The number of hydrogen-bond acceptors (Lipinski definition) is 4. The summed E-state index contributed by atoms with van der Waals surface area (Å²) in [5, 5.41) is 8.87. The minimum absolute atomic E-state index is 0.0367. The van der Waals surface area contributed by atoms with Crippen LogP contribution in [0.15, 0.2) is 12.4 Å². The fourth-order valence-electron chi connectivity index (χ4n) is 1.37. The molecular weight excluding hydrogens is 206 g/mol. The van der Waals surface area contributed by atoms with E-state index in [4.69, 9.17) is 5.11 Å². The molecule has 0 aromatic carbocycles. The van der Waals surface area contributed by atoms with Crippen molar-refractivity contribution in [2.24, 2.45) is 0 Å². The van der Waals surface area contributed by atoms with Gasteiger partial charge in [0.1, 0.15) is 5.69 Å². The summed E-state index contributed by atoms with van der Waals surface area (Å²) >= 11 is 0. The monoisotopic (exact) mass is 223 g/mol. The number of aryl methyl sites for hydroxylation is 1. The van der Waals surface area contributed by atoms with Crippen molar-refractivity contribution >= 4 is 5.91 Å². The van der Waals surface area contributed by atoms with Crippen LogP contribution in [0.1, 0.15) is 29.5 Å².